The fraction of sp³-hybridized carbons (Fsp3) is 0.364. The van der Waals surface area contributed by atoms with Crippen molar-refractivity contribution < 1.29 is 0 Å². The Labute approximate surface area is 99.3 Å². The van der Waals surface area contributed by atoms with E-state index in [1.807, 2.05) is 36.1 Å². The maximum absolute atomic E-state index is 5.73. The molecule has 5 heteroatoms. The van der Waals surface area contributed by atoms with Crippen LogP contribution in [-0.4, -0.2) is 34.2 Å². The summed E-state index contributed by atoms with van der Waals surface area (Å²) in [7, 11) is 0. The first-order valence-corrected chi connectivity index (χ1v) is 5.79. The van der Waals surface area contributed by atoms with Gasteiger partial charge in [0.15, 0.2) is 0 Å². The first-order chi connectivity index (χ1) is 7.85. The number of halogens is 1. The molecule has 84 valence electrons. The highest BCUT2D eigenvalue weighted by Gasteiger charge is 2.08. The molecule has 2 aromatic rings. The van der Waals surface area contributed by atoms with Crippen LogP contribution in [0.2, 0.25) is 0 Å². The third-order valence-corrected chi connectivity index (χ3v) is 2.54. The molecule has 0 bridgehead atoms. The van der Waals surface area contributed by atoms with Gasteiger partial charge in [-0.25, -0.2) is 4.98 Å². The summed E-state index contributed by atoms with van der Waals surface area (Å²) in [5.41, 5.74) is 1.67. The van der Waals surface area contributed by atoms with Gasteiger partial charge in [-0.2, -0.15) is 0 Å². The average Bonchev–Trinajstić information content (AvgIpc) is 2.35. The minimum absolute atomic E-state index is 0.560. The molecule has 0 fully saturated rings. The summed E-state index contributed by atoms with van der Waals surface area (Å²) in [6.45, 7) is 3.61. The van der Waals surface area contributed by atoms with Gasteiger partial charge in [-0.15, -0.1) is 21.8 Å². The van der Waals surface area contributed by atoms with Gasteiger partial charge in [0.1, 0.15) is 5.52 Å². The van der Waals surface area contributed by atoms with Gasteiger partial charge in [-0.05, 0) is 19.1 Å². The second kappa shape index (κ2) is 5.07. The van der Waals surface area contributed by atoms with E-state index < -0.39 is 0 Å². The molecule has 1 heterocycles. The van der Waals surface area contributed by atoms with Crippen molar-refractivity contribution in [1.29, 1.82) is 0 Å². The zero-order chi connectivity index (χ0) is 11.4. The molecule has 1 aromatic heterocycles. The lowest BCUT2D eigenvalue weighted by Crippen LogP contribution is -2.27. The molecule has 0 aliphatic rings. The molecule has 0 aliphatic carbocycles. The Morgan fingerprint density at radius 2 is 1.94 bits per heavy atom. The van der Waals surface area contributed by atoms with Gasteiger partial charge in [0, 0.05) is 19.0 Å². The molecule has 0 spiro atoms. The molecule has 2 rings (SSSR count). The zero-order valence-corrected chi connectivity index (χ0v) is 9.85. The third-order valence-electron chi connectivity index (χ3n) is 2.37. The molecule has 0 atom stereocenters. The van der Waals surface area contributed by atoms with Crippen LogP contribution in [0.25, 0.3) is 11.0 Å². The lowest BCUT2D eigenvalue weighted by atomic mass is 10.3. The highest BCUT2D eigenvalue weighted by Crippen LogP contribution is 2.12. The Morgan fingerprint density at radius 3 is 2.62 bits per heavy atom. The Balaban J connectivity index is 2.37. The van der Waals surface area contributed by atoms with E-state index in [0.717, 1.165) is 24.1 Å². The average molecular weight is 237 g/mol. The summed E-state index contributed by atoms with van der Waals surface area (Å²) in [6.07, 6.45) is 0. The number of rotatable bonds is 4. The minimum Gasteiger partial charge on any atom is -0.339 e. The predicted octanol–water partition coefficient (Wildman–Crippen LogP) is 2.09. The van der Waals surface area contributed by atoms with Crippen LogP contribution in [-0.2, 0) is 0 Å². The third kappa shape index (κ3) is 2.22. The van der Waals surface area contributed by atoms with Crippen LogP contribution >= 0.6 is 11.6 Å². The lowest BCUT2D eigenvalue weighted by molar-refractivity contribution is 0.808. The second-order valence-corrected chi connectivity index (χ2v) is 3.75. The smallest absolute Gasteiger partial charge is 0.245 e. The van der Waals surface area contributed by atoms with Crippen LogP contribution in [0.15, 0.2) is 24.3 Å². The molecule has 0 unspecified atom stereocenters. The van der Waals surface area contributed by atoms with Crippen molar-refractivity contribution in [2.75, 3.05) is 23.9 Å². The van der Waals surface area contributed by atoms with E-state index in [0.29, 0.717) is 11.8 Å². The van der Waals surface area contributed by atoms with Crippen molar-refractivity contribution in [3.05, 3.63) is 24.3 Å². The SMILES string of the molecule is CCN(CCCl)c1nnc2ccccc2n1. The van der Waals surface area contributed by atoms with E-state index in [9.17, 15) is 0 Å². The molecular weight excluding hydrogens is 224 g/mol. The van der Waals surface area contributed by atoms with Crippen LogP contribution in [0.5, 0.6) is 0 Å². The second-order valence-electron chi connectivity index (χ2n) is 3.37. The number of alkyl halides is 1. The van der Waals surface area contributed by atoms with E-state index in [2.05, 4.69) is 15.2 Å². The maximum Gasteiger partial charge on any atom is 0.245 e. The molecule has 0 aliphatic heterocycles. The molecule has 0 saturated heterocycles. The molecule has 0 saturated carbocycles. The fourth-order valence-corrected chi connectivity index (χ4v) is 1.71. The molecule has 0 N–H and O–H groups in total. The summed E-state index contributed by atoms with van der Waals surface area (Å²) < 4.78 is 0. The summed E-state index contributed by atoms with van der Waals surface area (Å²) >= 11 is 5.73. The Morgan fingerprint density at radius 1 is 1.19 bits per heavy atom. The monoisotopic (exact) mass is 236 g/mol. The number of hydrogen-bond donors (Lipinski definition) is 0. The maximum atomic E-state index is 5.73. The molecule has 0 amide bonds. The van der Waals surface area contributed by atoms with Crippen molar-refractivity contribution >= 4 is 28.6 Å². The molecule has 4 nitrogen and oxygen atoms in total. The van der Waals surface area contributed by atoms with E-state index >= 15 is 0 Å². The Kier molecular flexibility index (Phi) is 3.51. The molecule has 16 heavy (non-hydrogen) atoms. The van der Waals surface area contributed by atoms with E-state index in [-0.39, 0.29) is 0 Å². The topological polar surface area (TPSA) is 41.9 Å². The number of nitrogens with zero attached hydrogens (tertiary/aromatic N) is 4. The summed E-state index contributed by atoms with van der Waals surface area (Å²) in [5, 5.41) is 8.24. The number of anilines is 1. The van der Waals surface area contributed by atoms with Gasteiger partial charge in [0.05, 0.1) is 5.52 Å². The van der Waals surface area contributed by atoms with Crippen LogP contribution in [0.3, 0.4) is 0 Å². The molecular formula is C11H13ClN4. The first kappa shape index (κ1) is 11.1. The normalized spacial score (nSPS) is 10.6. The van der Waals surface area contributed by atoms with Crippen molar-refractivity contribution in [1.82, 2.24) is 15.2 Å². The summed E-state index contributed by atoms with van der Waals surface area (Å²) in [5.74, 6) is 1.20. The van der Waals surface area contributed by atoms with Crippen LogP contribution in [0.1, 0.15) is 6.92 Å². The van der Waals surface area contributed by atoms with E-state index in [1.54, 1.807) is 0 Å². The van der Waals surface area contributed by atoms with E-state index in [4.69, 9.17) is 11.6 Å². The lowest BCUT2D eigenvalue weighted by Gasteiger charge is -2.18. The molecule has 0 radical (unpaired) electrons. The van der Waals surface area contributed by atoms with Crippen LogP contribution in [0.4, 0.5) is 5.95 Å². The number of benzene rings is 1. The number of hydrogen-bond acceptors (Lipinski definition) is 4. The van der Waals surface area contributed by atoms with Gasteiger partial charge in [0.2, 0.25) is 5.95 Å². The van der Waals surface area contributed by atoms with Crippen LogP contribution in [0, 0.1) is 0 Å². The standard InChI is InChI=1S/C11H13ClN4/c1-2-16(8-7-12)11-13-9-5-3-4-6-10(9)14-15-11/h3-6H,2,7-8H2,1H3. The van der Waals surface area contributed by atoms with Crippen molar-refractivity contribution in [2.45, 2.75) is 6.92 Å². The highest BCUT2D eigenvalue weighted by atomic mass is 35.5. The van der Waals surface area contributed by atoms with Crippen molar-refractivity contribution in [3.8, 4) is 0 Å². The Hall–Kier alpha value is -1.42. The fourth-order valence-electron chi connectivity index (χ4n) is 1.51. The number of aromatic nitrogens is 3. The van der Waals surface area contributed by atoms with E-state index in [1.165, 1.54) is 0 Å². The van der Waals surface area contributed by atoms with Gasteiger partial charge in [0.25, 0.3) is 0 Å². The number of para-hydroxylation sites is 1. The minimum atomic E-state index is 0.560. The zero-order valence-electron chi connectivity index (χ0n) is 9.10. The van der Waals surface area contributed by atoms with Crippen molar-refractivity contribution in [3.63, 3.8) is 0 Å². The highest BCUT2D eigenvalue weighted by molar-refractivity contribution is 6.18. The summed E-state index contributed by atoms with van der Waals surface area (Å²) in [4.78, 5) is 6.47. The summed E-state index contributed by atoms with van der Waals surface area (Å²) in [6, 6.07) is 7.70. The van der Waals surface area contributed by atoms with Gasteiger partial charge in [-0.1, -0.05) is 12.1 Å². The quantitative estimate of drug-likeness (QED) is 0.763. The van der Waals surface area contributed by atoms with Gasteiger partial charge < -0.3 is 4.90 Å². The largest absolute Gasteiger partial charge is 0.339 e. The number of fused-ring (bicyclic) bond motifs is 1. The van der Waals surface area contributed by atoms with Gasteiger partial charge in [-0.3, -0.25) is 0 Å². The Bertz CT molecular complexity index is 474. The van der Waals surface area contributed by atoms with Gasteiger partial charge >= 0.3 is 0 Å². The predicted molar refractivity (Wildman–Crippen MR) is 65.9 cm³/mol. The molecule has 1 aromatic carbocycles. The van der Waals surface area contributed by atoms with Crippen LogP contribution < -0.4 is 4.90 Å². The first-order valence-electron chi connectivity index (χ1n) is 5.25. The van der Waals surface area contributed by atoms with Crippen molar-refractivity contribution in [2.24, 2.45) is 0 Å².